The summed E-state index contributed by atoms with van der Waals surface area (Å²) in [6.07, 6.45) is 5.49. The second kappa shape index (κ2) is 9.47. The molecular formula is C27H26ClN3O3. The molecule has 4 aromatic rings. The molecule has 0 saturated heterocycles. The molecule has 0 bridgehead atoms. The van der Waals surface area contributed by atoms with Crippen molar-refractivity contribution in [2.45, 2.75) is 45.2 Å². The van der Waals surface area contributed by atoms with E-state index in [0.29, 0.717) is 39.7 Å². The number of carbonyl (C=O) groups is 1. The van der Waals surface area contributed by atoms with E-state index in [2.05, 4.69) is 0 Å². The van der Waals surface area contributed by atoms with Crippen LogP contribution in [0.4, 0.5) is 0 Å². The fourth-order valence-electron chi connectivity index (χ4n) is 4.79. The minimum atomic E-state index is -0.466. The molecule has 2 aromatic heterocycles. The van der Waals surface area contributed by atoms with E-state index in [1.807, 2.05) is 37.3 Å². The van der Waals surface area contributed by atoms with E-state index >= 15 is 0 Å². The van der Waals surface area contributed by atoms with Gasteiger partial charge in [-0.1, -0.05) is 36.6 Å². The van der Waals surface area contributed by atoms with Crippen molar-refractivity contribution in [1.82, 2.24) is 14.5 Å². The average molecular weight is 476 g/mol. The maximum atomic E-state index is 13.7. The number of fused-ring (bicyclic) bond motifs is 1. The van der Waals surface area contributed by atoms with Gasteiger partial charge in [0.1, 0.15) is 11.6 Å². The maximum Gasteiger partial charge on any atom is 0.266 e. The van der Waals surface area contributed by atoms with Gasteiger partial charge in [-0.25, -0.2) is 4.98 Å². The molecule has 0 aliphatic heterocycles. The van der Waals surface area contributed by atoms with Crippen molar-refractivity contribution in [2.75, 3.05) is 0 Å². The summed E-state index contributed by atoms with van der Waals surface area (Å²) < 4.78 is 7.18. The molecule has 0 N–H and O–H groups in total. The molecule has 1 unspecified atom stereocenters. The van der Waals surface area contributed by atoms with Gasteiger partial charge >= 0.3 is 0 Å². The number of rotatable bonds is 6. The Kier molecular flexibility index (Phi) is 6.24. The molecule has 174 valence electrons. The molecule has 0 radical (unpaired) electrons. The number of hydrogen-bond acceptors (Lipinski definition) is 4. The maximum absolute atomic E-state index is 13.7. The van der Waals surface area contributed by atoms with Crippen molar-refractivity contribution >= 4 is 28.4 Å². The fourth-order valence-corrected chi connectivity index (χ4v) is 4.92. The van der Waals surface area contributed by atoms with Crippen molar-refractivity contribution in [1.29, 1.82) is 0 Å². The van der Waals surface area contributed by atoms with Gasteiger partial charge in [0.2, 0.25) is 5.91 Å². The van der Waals surface area contributed by atoms with Crippen LogP contribution < -0.4 is 5.56 Å². The summed E-state index contributed by atoms with van der Waals surface area (Å²) >= 11 is 6.11. The molecule has 2 aromatic carbocycles. The number of nitrogens with zero attached hydrogens (tertiary/aromatic N) is 3. The summed E-state index contributed by atoms with van der Waals surface area (Å²) in [6.45, 7) is 2.24. The summed E-state index contributed by atoms with van der Waals surface area (Å²) in [5, 5.41) is 1.10. The SMILES string of the molecule is CC(c1nc2ccccc2c(=O)n1-c1ccc(Cl)cc1)N(Cc1ccco1)C(=O)C1CCCC1. The number of carbonyl (C=O) groups excluding carboxylic acids is 1. The Morgan fingerprint density at radius 3 is 2.56 bits per heavy atom. The number of amides is 1. The molecule has 34 heavy (non-hydrogen) atoms. The van der Waals surface area contributed by atoms with Crippen molar-refractivity contribution in [3.63, 3.8) is 0 Å². The first kappa shape index (κ1) is 22.4. The van der Waals surface area contributed by atoms with Gasteiger partial charge in [0.25, 0.3) is 5.56 Å². The topological polar surface area (TPSA) is 68.3 Å². The van der Waals surface area contributed by atoms with Crippen LogP contribution in [0.1, 0.15) is 50.2 Å². The van der Waals surface area contributed by atoms with Gasteiger partial charge in [0, 0.05) is 10.9 Å². The molecule has 1 saturated carbocycles. The zero-order valence-electron chi connectivity index (χ0n) is 19.0. The number of furan rings is 1. The Hall–Kier alpha value is -3.38. The van der Waals surface area contributed by atoms with E-state index in [-0.39, 0.29) is 17.4 Å². The van der Waals surface area contributed by atoms with E-state index < -0.39 is 6.04 Å². The first-order valence-corrected chi connectivity index (χ1v) is 12.0. The lowest BCUT2D eigenvalue weighted by molar-refractivity contribution is -0.138. The molecule has 1 aliphatic rings. The summed E-state index contributed by atoms with van der Waals surface area (Å²) in [7, 11) is 0. The van der Waals surface area contributed by atoms with Gasteiger partial charge < -0.3 is 9.32 Å². The third-order valence-corrected chi connectivity index (χ3v) is 6.87. The van der Waals surface area contributed by atoms with Gasteiger partial charge in [-0.05, 0) is 68.3 Å². The molecule has 6 nitrogen and oxygen atoms in total. The molecule has 1 aliphatic carbocycles. The highest BCUT2D eigenvalue weighted by Crippen LogP contribution is 2.32. The molecule has 2 heterocycles. The zero-order chi connectivity index (χ0) is 23.7. The number of halogens is 1. The number of benzene rings is 2. The molecule has 5 rings (SSSR count). The first-order valence-electron chi connectivity index (χ1n) is 11.6. The Labute approximate surface area is 202 Å². The average Bonchev–Trinajstić information content (AvgIpc) is 3.57. The predicted octanol–water partition coefficient (Wildman–Crippen LogP) is 5.91. The van der Waals surface area contributed by atoms with Crippen LogP contribution in [0, 0.1) is 5.92 Å². The smallest absolute Gasteiger partial charge is 0.266 e. The Bertz CT molecular complexity index is 1360. The Balaban J connectivity index is 1.66. The molecule has 7 heteroatoms. The summed E-state index contributed by atoms with van der Waals surface area (Å²) in [6, 6.07) is 17.6. The van der Waals surface area contributed by atoms with Crippen LogP contribution in [0.3, 0.4) is 0 Å². The van der Waals surface area contributed by atoms with Crippen molar-refractivity contribution in [2.24, 2.45) is 5.92 Å². The highest BCUT2D eigenvalue weighted by atomic mass is 35.5. The van der Waals surface area contributed by atoms with Gasteiger partial charge in [-0.2, -0.15) is 0 Å². The van der Waals surface area contributed by atoms with Crippen LogP contribution in [0.15, 0.2) is 76.1 Å². The fraction of sp³-hybridized carbons (Fsp3) is 0.296. The lowest BCUT2D eigenvalue weighted by atomic mass is 10.0. The second-order valence-corrected chi connectivity index (χ2v) is 9.24. The highest BCUT2D eigenvalue weighted by molar-refractivity contribution is 6.30. The van der Waals surface area contributed by atoms with Crippen LogP contribution in [-0.4, -0.2) is 20.4 Å². The third kappa shape index (κ3) is 4.26. The third-order valence-electron chi connectivity index (χ3n) is 6.62. The first-order chi connectivity index (χ1) is 16.5. The van der Waals surface area contributed by atoms with Crippen LogP contribution in [0.25, 0.3) is 16.6 Å². The van der Waals surface area contributed by atoms with Crippen LogP contribution in [-0.2, 0) is 11.3 Å². The highest BCUT2D eigenvalue weighted by Gasteiger charge is 2.33. The number of para-hydroxylation sites is 1. The lowest BCUT2D eigenvalue weighted by Crippen LogP contribution is -2.39. The number of aromatic nitrogens is 2. The van der Waals surface area contributed by atoms with E-state index in [4.69, 9.17) is 21.0 Å². The van der Waals surface area contributed by atoms with Gasteiger partial charge in [0.05, 0.1) is 35.4 Å². The Morgan fingerprint density at radius 1 is 1.12 bits per heavy atom. The van der Waals surface area contributed by atoms with Crippen LogP contribution >= 0.6 is 11.6 Å². The van der Waals surface area contributed by atoms with Crippen LogP contribution in [0.5, 0.6) is 0 Å². The lowest BCUT2D eigenvalue weighted by Gasteiger charge is -2.32. The van der Waals surface area contributed by atoms with E-state index in [0.717, 1.165) is 25.7 Å². The van der Waals surface area contributed by atoms with E-state index in [1.54, 1.807) is 46.1 Å². The summed E-state index contributed by atoms with van der Waals surface area (Å²) in [5.74, 6) is 1.25. The molecular weight excluding hydrogens is 450 g/mol. The normalized spacial score (nSPS) is 15.0. The largest absolute Gasteiger partial charge is 0.467 e. The van der Waals surface area contributed by atoms with E-state index in [9.17, 15) is 9.59 Å². The zero-order valence-corrected chi connectivity index (χ0v) is 19.7. The second-order valence-electron chi connectivity index (χ2n) is 8.81. The molecule has 1 amide bonds. The van der Waals surface area contributed by atoms with Crippen molar-refractivity contribution in [3.05, 3.63) is 93.9 Å². The molecule has 1 fully saturated rings. The van der Waals surface area contributed by atoms with Crippen LogP contribution in [0.2, 0.25) is 5.02 Å². The van der Waals surface area contributed by atoms with Crippen molar-refractivity contribution < 1.29 is 9.21 Å². The summed E-state index contributed by atoms with van der Waals surface area (Å²) in [4.78, 5) is 34.1. The van der Waals surface area contributed by atoms with Gasteiger partial charge in [-0.3, -0.25) is 14.2 Å². The van der Waals surface area contributed by atoms with Gasteiger partial charge in [0.15, 0.2) is 0 Å². The molecule has 0 spiro atoms. The quantitative estimate of drug-likeness (QED) is 0.347. The molecule has 1 atom stereocenters. The standard InChI is InChI=1S/C27H26ClN3O3/c1-18(30(17-22-9-6-16-34-22)26(32)19-7-2-3-8-19)25-29-24-11-5-4-10-23(24)27(33)31(25)21-14-12-20(28)13-15-21/h4-6,9-16,18-19H,2-3,7-8,17H2,1H3. The number of hydrogen-bond donors (Lipinski definition) is 0. The van der Waals surface area contributed by atoms with Crippen molar-refractivity contribution in [3.8, 4) is 5.69 Å². The summed E-state index contributed by atoms with van der Waals surface area (Å²) in [5.41, 5.74) is 1.08. The van der Waals surface area contributed by atoms with E-state index in [1.165, 1.54) is 0 Å². The Morgan fingerprint density at radius 2 is 1.85 bits per heavy atom. The minimum absolute atomic E-state index is 0.0198. The monoisotopic (exact) mass is 475 g/mol. The van der Waals surface area contributed by atoms with Gasteiger partial charge in [-0.15, -0.1) is 0 Å². The minimum Gasteiger partial charge on any atom is -0.467 e. The predicted molar refractivity (Wildman–Crippen MR) is 132 cm³/mol.